The lowest BCUT2D eigenvalue weighted by Gasteiger charge is -2.42. The average Bonchev–Trinajstić information content (AvgIpc) is 3.69. The van der Waals surface area contributed by atoms with Gasteiger partial charge in [-0.1, -0.05) is 30.1 Å². The van der Waals surface area contributed by atoms with Crippen molar-refractivity contribution < 1.29 is 38.1 Å². The van der Waals surface area contributed by atoms with Gasteiger partial charge in [0.2, 0.25) is 17.2 Å². The highest BCUT2D eigenvalue weighted by Crippen LogP contribution is 2.56. The molecular weight excluding hydrogens is 681 g/mol. The molecule has 3 aliphatic rings. The number of nitrogens with one attached hydrogen (secondary N) is 1. The molecule has 13 nitrogen and oxygen atoms in total. The van der Waals surface area contributed by atoms with Crippen LogP contribution in [0.25, 0.3) is 11.3 Å². The molecular formula is C34H27Cl2N3O10. The number of aromatic carboxylic acids is 1. The summed E-state index contributed by atoms with van der Waals surface area (Å²) in [5.74, 6) is -4.02. The maximum absolute atomic E-state index is 15.1. The predicted molar refractivity (Wildman–Crippen MR) is 177 cm³/mol. The van der Waals surface area contributed by atoms with Gasteiger partial charge >= 0.3 is 11.7 Å². The first-order valence-electron chi connectivity index (χ1n) is 14.9. The van der Waals surface area contributed by atoms with E-state index in [0.717, 1.165) is 4.57 Å². The van der Waals surface area contributed by atoms with Crippen LogP contribution < -0.4 is 30.8 Å². The number of ketones is 2. The first-order valence-corrected chi connectivity index (χ1v) is 15.7. The highest BCUT2D eigenvalue weighted by Gasteiger charge is 2.64. The van der Waals surface area contributed by atoms with Crippen molar-refractivity contribution in [3.63, 3.8) is 0 Å². The number of carboxylic acid groups (broad SMARTS) is 1. The number of benzene rings is 2. The summed E-state index contributed by atoms with van der Waals surface area (Å²) >= 11 is 13.1. The molecule has 2 aromatic heterocycles. The second-order valence-electron chi connectivity index (χ2n) is 12.0. The third-order valence-corrected chi connectivity index (χ3v) is 10.2. The SMILES string of the molecule is COc1cc(OC)c2c(c1Cl)OC1(C(=O)C3=C(CC1C)Nc1c(c(=O)n(C)c(=O)n1C)C3c1ccc(-c3cc(C(=O)O)ccc3Cl)o1)C2=O. The Morgan fingerprint density at radius 2 is 1.71 bits per heavy atom. The van der Waals surface area contributed by atoms with Crippen molar-refractivity contribution >= 4 is 46.6 Å². The van der Waals surface area contributed by atoms with Crippen molar-refractivity contribution in [3.8, 4) is 28.6 Å². The molecule has 2 N–H and O–H groups in total. The number of methoxy groups -OCH3 is 2. The fourth-order valence-electron chi connectivity index (χ4n) is 6.97. The van der Waals surface area contributed by atoms with Gasteiger partial charge in [0.1, 0.15) is 39.4 Å². The van der Waals surface area contributed by atoms with E-state index in [-0.39, 0.29) is 78.9 Å². The molecule has 1 aliphatic carbocycles. The molecule has 3 unspecified atom stereocenters. The number of allylic oxidation sites excluding steroid dienone is 1. The van der Waals surface area contributed by atoms with Gasteiger partial charge in [-0.15, -0.1) is 0 Å². The molecule has 252 valence electrons. The van der Waals surface area contributed by atoms with E-state index in [9.17, 15) is 24.3 Å². The quantitative estimate of drug-likeness (QED) is 0.273. The van der Waals surface area contributed by atoms with Crippen LogP contribution in [0.15, 0.2) is 61.7 Å². The highest BCUT2D eigenvalue weighted by molar-refractivity contribution is 6.36. The lowest BCUT2D eigenvalue weighted by Crippen LogP contribution is -2.58. The van der Waals surface area contributed by atoms with Gasteiger partial charge in [-0.05, 0) is 36.8 Å². The van der Waals surface area contributed by atoms with Gasteiger partial charge < -0.3 is 29.1 Å². The summed E-state index contributed by atoms with van der Waals surface area (Å²) in [5.41, 5.74) is -2.86. The number of fused-ring (bicyclic) bond motifs is 2. The number of halogens is 2. The average molecular weight is 709 g/mol. The fourth-order valence-corrected chi connectivity index (χ4v) is 7.45. The van der Waals surface area contributed by atoms with Crippen LogP contribution in [-0.2, 0) is 18.9 Å². The van der Waals surface area contributed by atoms with Crippen LogP contribution in [0, 0.1) is 5.92 Å². The fraction of sp³-hybridized carbons (Fsp3) is 0.265. The zero-order valence-electron chi connectivity index (χ0n) is 26.6. The molecule has 1 spiro atoms. The van der Waals surface area contributed by atoms with E-state index in [1.807, 2.05) is 0 Å². The van der Waals surface area contributed by atoms with Gasteiger partial charge in [0.05, 0.1) is 36.3 Å². The predicted octanol–water partition coefficient (Wildman–Crippen LogP) is 4.80. The summed E-state index contributed by atoms with van der Waals surface area (Å²) in [5, 5.41) is 12.9. The van der Waals surface area contributed by atoms with E-state index in [1.54, 1.807) is 6.92 Å². The van der Waals surface area contributed by atoms with Gasteiger partial charge in [-0.3, -0.25) is 23.5 Å². The number of ether oxygens (including phenoxy) is 3. The maximum atomic E-state index is 15.1. The molecule has 2 aliphatic heterocycles. The Labute approximate surface area is 287 Å². The zero-order chi connectivity index (χ0) is 35.3. The molecule has 2 aromatic carbocycles. The van der Waals surface area contributed by atoms with Crippen LogP contribution in [0.3, 0.4) is 0 Å². The minimum Gasteiger partial charge on any atom is -0.496 e. The highest BCUT2D eigenvalue weighted by atomic mass is 35.5. The molecule has 3 atom stereocenters. The van der Waals surface area contributed by atoms with Gasteiger partial charge in [-0.25, -0.2) is 9.59 Å². The lowest BCUT2D eigenvalue weighted by molar-refractivity contribution is -0.130. The standard InChI is InChI=1S/C34H27Cl2N3O10/c1-13-10-17-22(28(40)34(13)29(41)24-20(46-4)12-21(47-5)26(36)27(24)49-34)23(25-30(37-17)38(2)33(45)39(3)31(25)42)19-9-8-18(48-19)15-11-14(32(43)44)6-7-16(15)35/h6-9,11-13,23,37H,10H2,1-5H3,(H,43,44). The summed E-state index contributed by atoms with van der Waals surface area (Å²) < 4.78 is 25.6. The number of carbonyl (C=O) groups is 3. The monoisotopic (exact) mass is 707 g/mol. The topological polar surface area (TPSA) is 168 Å². The Morgan fingerprint density at radius 3 is 2.39 bits per heavy atom. The molecule has 0 saturated heterocycles. The number of anilines is 1. The van der Waals surface area contributed by atoms with Crippen molar-refractivity contribution in [1.29, 1.82) is 0 Å². The van der Waals surface area contributed by atoms with E-state index < -0.39 is 46.2 Å². The number of nitrogens with zero attached hydrogens (tertiary/aromatic N) is 2. The number of hydrogen-bond acceptors (Lipinski definition) is 10. The number of carboxylic acids is 1. The third kappa shape index (κ3) is 4.34. The van der Waals surface area contributed by atoms with Crippen molar-refractivity contribution in [1.82, 2.24) is 9.13 Å². The number of aromatic nitrogens is 2. The number of rotatable bonds is 5. The molecule has 4 aromatic rings. The first kappa shape index (κ1) is 32.3. The van der Waals surface area contributed by atoms with Crippen LogP contribution in [0.2, 0.25) is 10.0 Å². The number of furan rings is 1. The minimum absolute atomic E-state index is 0.00734. The Kier molecular flexibility index (Phi) is 7.34. The molecule has 0 bridgehead atoms. The smallest absolute Gasteiger partial charge is 0.335 e. The summed E-state index contributed by atoms with van der Waals surface area (Å²) in [4.78, 5) is 68.2. The molecule has 7 rings (SSSR count). The Balaban J connectivity index is 1.46. The molecule has 4 heterocycles. The number of Topliss-reactive ketones (excluding diaryl/α,β-unsaturated/α-hetero) is 2. The van der Waals surface area contributed by atoms with E-state index >= 15 is 4.79 Å². The minimum atomic E-state index is -2.11. The summed E-state index contributed by atoms with van der Waals surface area (Å²) in [7, 11) is 5.54. The van der Waals surface area contributed by atoms with Crippen molar-refractivity contribution in [2.24, 2.45) is 20.0 Å². The van der Waals surface area contributed by atoms with Crippen molar-refractivity contribution in [2.75, 3.05) is 19.5 Å². The zero-order valence-corrected chi connectivity index (χ0v) is 28.1. The van der Waals surface area contributed by atoms with Gasteiger partial charge in [-0.2, -0.15) is 0 Å². The van der Waals surface area contributed by atoms with Gasteiger partial charge in [0.25, 0.3) is 5.56 Å². The summed E-state index contributed by atoms with van der Waals surface area (Å²) in [6.45, 7) is 1.68. The Bertz CT molecular complexity index is 2330. The van der Waals surface area contributed by atoms with Gasteiger partial charge in [0, 0.05) is 42.9 Å². The Hall–Kier alpha value is -5.27. The lowest BCUT2D eigenvalue weighted by atomic mass is 9.66. The third-order valence-electron chi connectivity index (χ3n) is 9.47. The maximum Gasteiger partial charge on any atom is 0.335 e. The first-order chi connectivity index (χ1) is 23.3. The molecule has 15 heteroatoms. The van der Waals surface area contributed by atoms with Crippen LogP contribution in [0.4, 0.5) is 5.82 Å². The Morgan fingerprint density at radius 1 is 1.00 bits per heavy atom. The molecule has 0 radical (unpaired) electrons. The number of hydrogen-bond donors (Lipinski definition) is 2. The second-order valence-corrected chi connectivity index (χ2v) is 12.8. The molecule has 49 heavy (non-hydrogen) atoms. The molecule has 0 saturated carbocycles. The normalized spacial score (nSPS) is 20.8. The molecule has 0 fully saturated rings. The van der Waals surface area contributed by atoms with Crippen LogP contribution >= 0.6 is 23.2 Å². The van der Waals surface area contributed by atoms with Crippen molar-refractivity contribution in [3.05, 3.63) is 101 Å². The summed E-state index contributed by atoms with van der Waals surface area (Å²) in [6.07, 6.45) is 0.0806. The van der Waals surface area contributed by atoms with Gasteiger partial charge in [0.15, 0.2) is 5.75 Å². The van der Waals surface area contributed by atoms with Crippen LogP contribution in [-0.4, -0.2) is 51.6 Å². The second kappa shape index (κ2) is 11.1. The van der Waals surface area contributed by atoms with E-state index in [1.165, 1.54) is 69.3 Å². The van der Waals surface area contributed by atoms with E-state index in [0.29, 0.717) is 5.70 Å². The summed E-state index contributed by atoms with van der Waals surface area (Å²) in [6, 6.07) is 8.60. The van der Waals surface area contributed by atoms with Crippen LogP contribution in [0.5, 0.6) is 17.2 Å². The largest absolute Gasteiger partial charge is 0.496 e. The van der Waals surface area contributed by atoms with E-state index in [4.69, 9.17) is 41.8 Å². The molecule has 0 amide bonds. The number of carbonyl (C=O) groups excluding carboxylic acids is 2. The van der Waals surface area contributed by atoms with Crippen molar-refractivity contribution in [2.45, 2.75) is 24.9 Å². The van der Waals surface area contributed by atoms with Crippen LogP contribution in [0.1, 0.15) is 51.3 Å². The van der Waals surface area contributed by atoms with E-state index in [2.05, 4.69) is 5.32 Å².